The number of carbonyl (C=O) groups is 1. The number of carbonyl (C=O) groups excluding carboxylic acids is 1. The Hall–Kier alpha value is -2.60. The Kier molecular flexibility index (Phi) is 4.28. The molecule has 0 saturated carbocycles. The Labute approximate surface area is 149 Å². The van der Waals surface area contributed by atoms with Gasteiger partial charge in [0, 0.05) is 24.1 Å². The molecule has 1 atom stereocenters. The van der Waals surface area contributed by atoms with Crippen molar-refractivity contribution < 1.29 is 14.3 Å². The standard InChI is InChI=1S/C19H18N2O3S/c1-23-15-4-2-13-6-12(10-24-17(13)8-15)9-20-19(22)14-3-5-16-18(7-14)25-11-21-16/h2-5,7-8,11-12H,6,9-10H2,1H3,(H,20,22). The Balaban J connectivity index is 1.38. The van der Waals surface area contributed by atoms with E-state index in [4.69, 9.17) is 9.47 Å². The molecule has 6 heteroatoms. The summed E-state index contributed by atoms with van der Waals surface area (Å²) in [4.78, 5) is 16.6. The van der Waals surface area contributed by atoms with Crippen molar-refractivity contribution in [1.29, 1.82) is 0 Å². The monoisotopic (exact) mass is 354 g/mol. The molecule has 0 aliphatic carbocycles. The summed E-state index contributed by atoms with van der Waals surface area (Å²) in [6, 6.07) is 11.5. The minimum atomic E-state index is -0.0594. The van der Waals surface area contributed by atoms with Crippen molar-refractivity contribution in [1.82, 2.24) is 10.3 Å². The molecule has 0 radical (unpaired) electrons. The molecule has 2 aromatic carbocycles. The third kappa shape index (κ3) is 3.30. The number of amides is 1. The second-order valence-electron chi connectivity index (χ2n) is 6.10. The van der Waals surface area contributed by atoms with E-state index in [-0.39, 0.29) is 11.8 Å². The highest BCUT2D eigenvalue weighted by Gasteiger charge is 2.21. The number of ether oxygens (including phenoxy) is 2. The fourth-order valence-corrected chi connectivity index (χ4v) is 3.73. The van der Waals surface area contributed by atoms with Crippen molar-refractivity contribution in [3.8, 4) is 11.5 Å². The summed E-state index contributed by atoms with van der Waals surface area (Å²) in [5.41, 5.74) is 4.53. The molecular formula is C19H18N2O3S. The third-order valence-corrected chi connectivity index (χ3v) is 5.19. The maximum absolute atomic E-state index is 12.4. The summed E-state index contributed by atoms with van der Waals surface area (Å²) in [5, 5.41) is 3.02. The Morgan fingerprint density at radius 1 is 1.36 bits per heavy atom. The molecule has 2 heterocycles. The quantitative estimate of drug-likeness (QED) is 0.781. The molecule has 0 spiro atoms. The fourth-order valence-electron chi connectivity index (χ4n) is 3.01. The second-order valence-corrected chi connectivity index (χ2v) is 6.99. The molecule has 128 valence electrons. The predicted molar refractivity (Wildman–Crippen MR) is 97.6 cm³/mol. The summed E-state index contributed by atoms with van der Waals surface area (Å²) in [7, 11) is 1.65. The van der Waals surface area contributed by atoms with Crippen LogP contribution in [0.15, 0.2) is 41.9 Å². The van der Waals surface area contributed by atoms with Gasteiger partial charge in [-0.05, 0) is 36.2 Å². The van der Waals surface area contributed by atoms with Gasteiger partial charge in [-0.1, -0.05) is 6.07 Å². The van der Waals surface area contributed by atoms with Gasteiger partial charge in [0.2, 0.25) is 0 Å². The molecule has 0 fully saturated rings. The summed E-state index contributed by atoms with van der Waals surface area (Å²) in [6.07, 6.45) is 0.882. The first-order valence-corrected chi connectivity index (χ1v) is 9.02. The minimum absolute atomic E-state index is 0.0594. The van der Waals surface area contributed by atoms with Gasteiger partial charge in [0.15, 0.2) is 0 Å². The topological polar surface area (TPSA) is 60.5 Å². The van der Waals surface area contributed by atoms with Gasteiger partial charge in [-0.3, -0.25) is 4.79 Å². The van der Waals surface area contributed by atoms with E-state index in [1.807, 2.05) is 36.4 Å². The molecule has 1 unspecified atom stereocenters. The van der Waals surface area contributed by atoms with Crippen LogP contribution in [0.2, 0.25) is 0 Å². The maximum atomic E-state index is 12.4. The van der Waals surface area contributed by atoms with Crippen LogP contribution < -0.4 is 14.8 Å². The highest BCUT2D eigenvalue weighted by Crippen LogP contribution is 2.30. The number of hydrogen-bond acceptors (Lipinski definition) is 5. The molecular weight excluding hydrogens is 336 g/mol. The van der Waals surface area contributed by atoms with Gasteiger partial charge in [-0.25, -0.2) is 4.98 Å². The van der Waals surface area contributed by atoms with Crippen LogP contribution >= 0.6 is 11.3 Å². The number of rotatable bonds is 4. The molecule has 25 heavy (non-hydrogen) atoms. The lowest BCUT2D eigenvalue weighted by molar-refractivity contribution is 0.0939. The zero-order valence-electron chi connectivity index (χ0n) is 13.8. The lowest BCUT2D eigenvalue weighted by Gasteiger charge is -2.25. The lowest BCUT2D eigenvalue weighted by atomic mass is 9.96. The van der Waals surface area contributed by atoms with Crippen molar-refractivity contribution in [2.45, 2.75) is 6.42 Å². The molecule has 4 rings (SSSR count). The van der Waals surface area contributed by atoms with Crippen molar-refractivity contribution >= 4 is 27.5 Å². The Morgan fingerprint density at radius 2 is 2.28 bits per heavy atom. The van der Waals surface area contributed by atoms with E-state index in [1.54, 1.807) is 12.6 Å². The fraction of sp³-hybridized carbons (Fsp3) is 0.263. The average molecular weight is 354 g/mol. The van der Waals surface area contributed by atoms with E-state index in [2.05, 4.69) is 10.3 Å². The third-order valence-electron chi connectivity index (χ3n) is 4.40. The first kappa shape index (κ1) is 15.9. The number of benzene rings is 2. The molecule has 1 N–H and O–H groups in total. The zero-order chi connectivity index (χ0) is 17.2. The summed E-state index contributed by atoms with van der Waals surface area (Å²) in [6.45, 7) is 1.18. The van der Waals surface area contributed by atoms with E-state index in [0.717, 1.165) is 33.7 Å². The maximum Gasteiger partial charge on any atom is 0.251 e. The minimum Gasteiger partial charge on any atom is -0.497 e. The van der Waals surface area contributed by atoms with Crippen molar-refractivity contribution in [3.63, 3.8) is 0 Å². The summed E-state index contributed by atoms with van der Waals surface area (Å²) >= 11 is 1.54. The van der Waals surface area contributed by atoms with Gasteiger partial charge < -0.3 is 14.8 Å². The van der Waals surface area contributed by atoms with E-state index >= 15 is 0 Å². The van der Waals surface area contributed by atoms with Gasteiger partial charge in [-0.2, -0.15) is 0 Å². The van der Waals surface area contributed by atoms with E-state index in [0.29, 0.717) is 18.7 Å². The number of thiazole rings is 1. The molecule has 1 aromatic heterocycles. The normalized spacial score (nSPS) is 16.1. The second kappa shape index (κ2) is 6.72. The van der Waals surface area contributed by atoms with Gasteiger partial charge in [0.25, 0.3) is 5.91 Å². The SMILES string of the molecule is COc1ccc2c(c1)OCC(CNC(=O)c1ccc3ncsc3c1)C2. The van der Waals surface area contributed by atoms with Crippen LogP contribution in [-0.2, 0) is 6.42 Å². The number of nitrogens with zero attached hydrogens (tertiary/aromatic N) is 1. The van der Waals surface area contributed by atoms with Gasteiger partial charge in [0.05, 0.1) is 29.4 Å². The number of methoxy groups -OCH3 is 1. The van der Waals surface area contributed by atoms with Gasteiger partial charge >= 0.3 is 0 Å². The summed E-state index contributed by atoms with van der Waals surface area (Å²) < 4.78 is 12.1. The predicted octanol–water partition coefficient (Wildman–Crippen LogP) is 3.29. The van der Waals surface area contributed by atoms with Crippen LogP contribution in [0.1, 0.15) is 15.9 Å². The van der Waals surface area contributed by atoms with Crippen molar-refractivity contribution in [2.75, 3.05) is 20.3 Å². The van der Waals surface area contributed by atoms with Crippen LogP contribution in [0.4, 0.5) is 0 Å². The molecule has 1 aliphatic heterocycles. The smallest absolute Gasteiger partial charge is 0.251 e. The zero-order valence-corrected chi connectivity index (χ0v) is 14.6. The Bertz CT molecular complexity index is 922. The number of fused-ring (bicyclic) bond motifs is 2. The number of nitrogens with one attached hydrogen (secondary N) is 1. The molecule has 1 amide bonds. The Morgan fingerprint density at radius 3 is 3.16 bits per heavy atom. The average Bonchev–Trinajstić information content (AvgIpc) is 3.13. The summed E-state index contributed by atoms with van der Waals surface area (Å²) in [5.74, 6) is 1.87. The number of hydrogen-bond donors (Lipinski definition) is 1. The van der Waals surface area contributed by atoms with E-state index in [1.165, 1.54) is 11.3 Å². The van der Waals surface area contributed by atoms with Crippen LogP contribution in [0.3, 0.4) is 0 Å². The highest BCUT2D eigenvalue weighted by molar-refractivity contribution is 7.16. The van der Waals surface area contributed by atoms with Crippen LogP contribution in [0, 0.1) is 5.92 Å². The largest absolute Gasteiger partial charge is 0.497 e. The first-order valence-electron chi connectivity index (χ1n) is 8.14. The van der Waals surface area contributed by atoms with E-state index < -0.39 is 0 Å². The van der Waals surface area contributed by atoms with Crippen LogP contribution in [0.25, 0.3) is 10.2 Å². The molecule has 1 aliphatic rings. The van der Waals surface area contributed by atoms with Crippen LogP contribution in [-0.4, -0.2) is 31.2 Å². The molecule has 0 bridgehead atoms. The molecule has 0 saturated heterocycles. The van der Waals surface area contributed by atoms with Crippen molar-refractivity contribution in [2.24, 2.45) is 5.92 Å². The van der Waals surface area contributed by atoms with Gasteiger partial charge in [0.1, 0.15) is 11.5 Å². The highest BCUT2D eigenvalue weighted by atomic mass is 32.1. The van der Waals surface area contributed by atoms with E-state index in [9.17, 15) is 4.79 Å². The van der Waals surface area contributed by atoms with Crippen molar-refractivity contribution in [3.05, 3.63) is 53.0 Å². The number of aromatic nitrogens is 1. The molecule has 5 nitrogen and oxygen atoms in total. The van der Waals surface area contributed by atoms with Crippen LogP contribution in [0.5, 0.6) is 11.5 Å². The van der Waals surface area contributed by atoms with Gasteiger partial charge in [-0.15, -0.1) is 11.3 Å². The lowest BCUT2D eigenvalue weighted by Crippen LogP contribution is -2.34. The first-order chi connectivity index (χ1) is 12.2. The molecule has 3 aromatic rings.